The zero-order valence-electron chi connectivity index (χ0n) is 16.2. The number of aromatic nitrogens is 2. The highest BCUT2D eigenvalue weighted by Gasteiger charge is 2.38. The molecule has 31 heavy (non-hydrogen) atoms. The molecule has 4 rings (SSSR count). The van der Waals surface area contributed by atoms with Crippen molar-refractivity contribution in [1.82, 2.24) is 14.5 Å². The molecule has 0 radical (unpaired) electrons. The summed E-state index contributed by atoms with van der Waals surface area (Å²) >= 11 is 0. The van der Waals surface area contributed by atoms with Gasteiger partial charge in [-0.15, -0.1) is 0 Å². The van der Waals surface area contributed by atoms with Gasteiger partial charge in [0.2, 0.25) is 11.7 Å². The third-order valence-corrected chi connectivity index (χ3v) is 5.26. The zero-order chi connectivity index (χ0) is 22.2. The molecule has 11 heteroatoms. The van der Waals surface area contributed by atoms with E-state index >= 15 is 0 Å². The van der Waals surface area contributed by atoms with Crippen molar-refractivity contribution in [3.05, 3.63) is 64.5 Å². The number of non-ortho nitro benzene ring substituents is 1. The van der Waals surface area contributed by atoms with Crippen LogP contribution in [0.3, 0.4) is 0 Å². The van der Waals surface area contributed by atoms with Gasteiger partial charge in [-0.25, -0.2) is 4.98 Å². The Morgan fingerprint density at radius 3 is 2.29 bits per heavy atom. The number of fused-ring (bicyclic) bond motifs is 1. The summed E-state index contributed by atoms with van der Waals surface area (Å²) in [5, 5.41) is 10.8. The number of amides is 1. The van der Waals surface area contributed by atoms with Crippen molar-refractivity contribution < 1.29 is 22.9 Å². The molecule has 2 aromatic carbocycles. The molecule has 1 aromatic heterocycles. The van der Waals surface area contributed by atoms with Crippen LogP contribution in [0.4, 0.5) is 24.5 Å². The summed E-state index contributed by atoms with van der Waals surface area (Å²) in [5.74, 6) is -1.51. The molecule has 0 unspecified atom stereocenters. The van der Waals surface area contributed by atoms with Gasteiger partial charge in [0.25, 0.3) is 5.69 Å². The molecule has 1 aliphatic heterocycles. The quantitative estimate of drug-likeness (QED) is 0.466. The van der Waals surface area contributed by atoms with Crippen LogP contribution in [0, 0.1) is 10.1 Å². The van der Waals surface area contributed by atoms with Crippen LogP contribution in [0.15, 0.2) is 48.5 Å². The van der Waals surface area contributed by atoms with Crippen LogP contribution in [0.1, 0.15) is 5.82 Å². The third-order valence-electron chi connectivity index (χ3n) is 5.26. The Kier molecular flexibility index (Phi) is 5.25. The number of halogens is 3. The summed E-state index contributed by atoms with van der Waals surface area (Å²) in [6.45, 7) is 1.17. The molecule has 8 nitrogen and oxygen atoms in total. The van der Waals surface area contributed by atoms with Gasteiger partial charge in [0.15, 0.2) is 0 Å². The smallest absolute Gasteiger partial charge is 0.368 e. The molecule has 0 N–H and O–H groups in total. The van der Waals surface area contributed by atoms with Crippen LogP contribution in [0.5, 0.6) is 0 Å². The van der Waals surface area contributed by atoms with Crippen molar-refractivity contribution in [3.8, 4) is 0 Å². The van der Waals surface area contributed by atoms with Crippen molar-refractivity contribution in [3.63, 3.8) is 0 Å². The van der Waals surface area contributed by atoms with E-state index in [1.807, 2.05) is 4.90 Å². The maximum Gasteiger partial charge on any atom is 0.449 e. The molecule has 2 heterocycles. The van der Waals surface area contributed by atoms with E-state index in [1.165, 1.54) is 29.2 Å². The molecule has 0 aliphatic carbocycles. The number of nitro benzene ring substituents is 1. The summed E-state index contributed by atoms with van der Waals surface area (Å²) < 4.78 is 41.2. The third kappa shape index (κ3) is 4.16. The number of nitrogens with zero attached hydrogens (tertiary/aromatic N) is 5. The summed E-state index contributed by atoms with van der Waals surface area (Å²) in [7, 11) is 0. The van der Waals surface area contributed by atoms with Gasteiger partial charge in [0.05, 0.1) is 16.0 Å². The summed E-state index contributed by atoms with van der Waals surface area (Å²) in [5.41, 5.74) is 1.22. The lowest BCUT2D eigenvalue weighted by molar-refractivity contribution is -0.384. The maximum atomic E-state index is 13.4. The number of carbonyl (C=O) groups excluding carboxylic acids is 1. The lowest BCUT2D eigenvalue weighted by Crippen LogP contribution is -2.49. The van der Waals surface area contributed by atoms with Gasteiger partial charge in [-0.3, -0.25) is 14.9 Å². The number of rotatable bonds is 4. The van der Waals surface area contributed by atoms with Gasteiger partial charge >= 0.3 is 6.18 Å². The van der Waals surface area contributed by atoms with Crippen LogP contribution in [-0.2, 0) is 17.5 Å². The molecule has 1 aliphatic rings. The minimum atomic E-state index is -4.67. The second-order valence-corrected chi connectivity index (χ2v) is 7.15. The minimum Gasteiger partial charge on any atom is -0.368 e. The van der Waals surface area contributed by atoms with E-state index in [-0.39, 0.29) is 16.7 Å². The van der Waals surface area contributed by atoms with Gasteiger partial charge in [0.1, 0.15) is 6.54 Å². The number of hydrogen-bond donors (Lipinski definition) is 0. The van der Waals surface area contributed by atoms with Crippen molar-refractivity contribution in [2.45, 2.75) is 12.7 Å². The summed E-state index contributed by atoms with van der Waals surface area (Å²) in [6.07, 6.45) is -4.67. The predicted octanol–water partition coefficient (Wildman–Crippen LogP) is 3.31. The number of carbonyl (C=O) groups is 1. The minimum absolute atomic E-state index is 0.00871. The van der Waals surface area contributed by atoms with Crippen LogP contribution in [-0.4, -0.2) is 51.5 Å². The lowest BCUT2D eigenvalue weighted by Gasteiger charge is -2.36. The fraction of sp³-hybridized carbons (Fsp3) is 0.300. The zero-order valence-corrected chi connectivity index (χ0v) is 16.2. The second kappa shape index (κ2) is 7.89. The normalized spacial score (nSPS) is 14.8. The van der Waals surface area contributed by atoms with Crippen molar-refractivity contribution in [2.24, 2.45) is 0 Å². The van der Waals surface area contributed by atoms with E-state index in [4.69, 9.17) is 0 Å². The number of piperazine rings is 1. The van der Waals surface area contributed by atoms with Gasteiger partial charge in [-0.1, -0.05) is 12.1 Å². The molecular formula is C20H18F3N5O3. The number of benzene rings is 2. The van der Waals surface area contributed by atoms with Crippen LogP contribution in [0.25, 0.3) is 11.0 Å². The summed E-state index contributed by atoms with van der Waals surface area (Å²) in [4.78, 5) is 30.2. The van der Waals surface area contributed by atoms with Gasteiger partial charge in [0, 0.05) is 44.0 Å². The Morgan fingerprint density at radius 1 is 1.03 bits per heavy atom. The van der Waals surface area contributed by atoms with Gasteiger partial charge in [-0.2, -0.15) is 13.2 Å². The number of anilines is 1. The van der Waals surface area contributed by atoms with Crippen molar-refractivity contribution >= 4 is 28.3 Å². The SMILES string of the molecule is O=C(Cn1c(C(F)(F)F)nc2ccccc21)N1CCN(c2ccc([N+](=O)[O-])cc2)CC1. The predicted molar refractivity (Wildman–Crippen MR) is 107 cm³/mol. The van der Waals surface area contributed by atoms with E-state index in [0.717, 1.165) is 10.3 Å². The first kappa shape index (κ1) is 20.6. The first-order chi connectivity index (χ1) is 14.7. The van der Waals surface area contributed by atoms with Gasteiger partial charge in [-0.05, 0) is 24.3 Å². The Hall–Kier alpha value is -3.63. The van der Waals surface area contributed by atoms with E-state index < -0.39 is 29.4 Å². The van der Waals surface area contributed by atoms with Crippen molar-refractivity contribution in [2.75, 3.05) is 31.1 Å². The van der Waals surface area contributed by atoms with Crippen LogP contribution >= 0.6 is 0 Å². The van der Waals surface area contributed by atoms with Crippen LogP contribution < -0.4 is 4.90 Å². The number of nitro groups is 1. The Labute approximate surface area is 174 Å². The van der Waals surface area contributed by atoms with E-state index in [2.05, 4.69) is 4.98 Å². The van der Waals surface area contributed by atoms with E-state index in [1.54, 1.807) is 24.3 Å². The van der Waals surface area contributed by atoms with E-state index in [0.29, 0.717) is 26.2 Å². The fourth-order valence-electron chi connectivity index (χ4n) is 3.69. The monoisotopic (exact) mass is 433 g/mol. The first-order valence-corrected chi connectivity index (χ1v) is 9.53. The standard InChI is InChI=1S/C20H18F3N5O3/c21-20(22,23)19-24-16-3-1-2-4-17(16)27(19)13-18(29)26-11-9-25(10-12-26)14-5-7-15(8-6-14)28(30)31/h1-8H,9-13H2. The molecule has 1 saturated heterocycles. The fourth-order valence-corrected chi connectivity index (χ4v) is 3.69. The topological polar surface area (TPSA) is 84.5 Å². The molecule has 0 atom stereocenters. The molecule has 1 fully saturated rings. The average Bonchev–Trinajstić information content (AvgIpc) is 3.13. The highest BCUT2D eigenvalue weighted by atomic mass is 19.4. The second-order valence-electron chi connectivity index (χ2n) is 7.15. The van der Waals surface area contributed by atoms with E-state index in [9.17, 15) is 28.1 Å². The molecule has 1 amide bonds. The number of hydrogen-bond acceptors (Lipinski definition) is 5. The highest BCUT2D eigenvalue weighted by molar-refractivity contribution is 5.81. The Balaban J connectivity index is 1.46. The molecule has 0 bridgehead atoms. The summed E-state index contributed by atoms with van der Waals surface area (Å²) in [6, 6.07) is 12.3. The van der Waals surface area contributed by atoms with Crippen molar-refractivity contribution in [1.29, 1.82) is 0 Å². The largest absolute Gasteiger partial charge is 0.449 e. The Morgan fingerprint density at radius 2 is 1.68 bits per heavy atom. The Bertz CT molecular complexity index is 1120. The molecule has 3 aromatic rings. The number of alkyl halides is 3. The average molecular weight is 433 g/mol. The molecule has 0 spiro atoms. The lowest BCUT2D eigenvalue weighted by atomic mass is 10.2. The van der Waals surface area contributed by atoms with Crippen LogP contribution in [0.2, 0.25) is 0 Å². The number of imidazole rings is 1. The first-order valence-electron chi connectivity index (χ1n) is 9.53. The molecular weight excluding hydrogens is 415 g/mol. The highest BCUT2D eigenvalue weighted by Crippen LogP contribution is 2.31. The number of para-hydroxylation sites is 2. The molecule has 162 valence electrons. The maximum absolute atomic E-state index is 13.4. The van der Waals surface area contributed by atoms with Gasteiger partial charge < -0.3 is 14.4 Å². The molecule has 0 saturated carbocycles.